The Hall–Kier alpha value is -1.52. The molecule has 0 saturated heterocycles. The van der Waals surface area contributed by atoms with Gasteiger partial charge >= 0.3 is 25.0 Å². The van der Waals surface area contributed by atoms with Gasteiger partial charge in [-0.15, -0.1) is 0 Å². The molecule has 2 heterocycles. The predicted octanol–water partition coefficient (Wildman–Crippen LogP) is -2.64. The number of carbonyl (C=O) groups is 1. The van der Waals surface area contributed by atoms with Crippen LogP contribution in [0.25, 0.3) is 11.2 Å². The molecule has 18 heavy (non-hydrogen) atoms. The zero-order valence-corrected chi connectivity index (χ0v) is 9.23. The molecule has 0 spiro atoms. The summed E-state index contributed by atoms with van der Waals surface area (Å²) >= 11 is 0. The van der Waals surface area contributed by atoms with E-state index in [1.165, 1.54) is 18.3 Å². The number of imidazole rings is 1. The van der Waals surface area contributed by atoms with Crippen molar-refractivity contribution < 1.29 is 41.9 Å². The van der Waals surface area contributed by atoms with Gasteiger partial charge < -0.3 is 9.90 Å². The number of pyridine rings is 1. The minimum Gasteiger partial charge on any atom is -0.542 e. The third-order valence-corrected chi connectivity index (χ3v) is 2.02. The molecule has 0 atom stereocenters. The Balaban J connectivity index is 0.00000162. The molecular formula is C9H5F3LiN3O2. The number of carboxylic acids is 1. The van der Waals surface area contributed by atoms with Crippen LogP contribution in [0.5, 0.6) is 0 Å². The molecule has 2 aromatic heterocycles. The first-order chi connectivity index (χ1) is 7.88. The number of carbonyl (C=O) groups excluding carboxylic acids is 1. The van der Waals surface area contributed by atoms with Gasteiger partial charge in [0.25, 0.3) is 0 Å². The zero-order chi connectivity index (χ0) is 12.6. The first-order valence-electron chi connectivity index (χ1n) is 4.48. The van der Waals surface area contributed by atoms with E-state index in [9.17, 15) is 23.1 Å². The molecule has 9 heteroatoms. The van der Waals surface area contributed by atoms with Crippen LogP contribution in [-0.4, -0.2) is 26.7 Å². The molecule has 0 unspecified atom stereocenters. The third-order valence-electron chi connectivity index (χ3n) is 2.02. The first-order valence-corrected chi connectivity index (χ1v) is 4.48. The van der Waals surface area contributed by atoms with Crippen LogP contribution in [0.1, 0.15) is 10.6 Å². The molecule has 0 N–H and O–H groups in total. The third kappa shape index (κ3) is 2.83. The Labute approximate surface area is 111 Å². The van der Waals surface area contributed by atoms with Crippen molar-refractivity contribution in [2.24, 2.45) is 0 Å². The maximum atomic E-state index is 12.3. The number of fused-ring (bicyclic) bond motifs is 1. The largest absolute Gasteiger partial charge is 1.00 e. The summed E-state index contributed by atoms with van der Waals surface area (Å²) in [5.74, 6) is -2.55. The van der Waals surface area contributed by atoms with Crippen LogP contribution in [0.15, 0.2) is 18.3 Å². The molecule has 0 amide bonds. The van der Waals surface area contributed by atoms with Gasteiger partial charge in [0, 0.05) is 6.20 Å². The normalized spacial score (nSPS) is 11.3. The number of halogens is 3. The van der Waals surface area contributed by atoms with E-state index in [1.807, 2.05) is 0 Å². The average molecular weight is 251 g/mol. The summed E-state index contributed by atoms with van der Waals surface area (Å²) in [6.07, 6.45) is -3.30. The minimum absolute atomic E-state index is 0. The van der Waals surface area contributed by atoms with Crippen molar-refractivity contribution in [1.29, 1.82) is 0 Å². The Morgan fingerprint density at radius 1 is 1.44 bits per heavy atom. The van der Waals surface area contributed by atoms with Crippen LogP contribution in [0, 0.1) is 0 Å². The van der Waals surface area contributed by atoms with Gasteiger partial charge in [0.15, 0.2) is 11.5 Å². The molecule has 0 aliphatic heterocycles. The van der Waals surface area contributed by atoms with Crippen molar-refractivity contribution >= 4 is 17.1 Å². The van der Waals surface area contributed by atoms with E-state index in [-0.39, 0.29) is 30.0 Å². The number of aromatic nitrogens is 3. The van der Waals surface area contributed by atoms with Gasteiger partial charge in [0.1, 0.15) is 18.0 Å². The first kappa shape index (κ1) is 14.5. The van der Waals surface area contributed by atoms with E-state index < -0.39 is 24.5 Å². The monoisotopic (exact) mass is 251 g/mol. The average Bonchev–Trinajstić information content (AvgIpc) is 2.55. The molecular weight excluding hydrogens is 246 g/mol. The molecule has 0 aliphatic carbocycles. The summed E-state index contributed by atoms with van der Waals surface area (Å²) in [5, 5.41) is 10.7. The Morgan fingerprint density at radius 3 is 2.67 bits per heavy atom. The fraction of sp³-hybridized carbons (Fsp3) is 0.222. The van der Waals surface area contributed by atoms with Gasteiger partial charge in [-0.3, -0.25) is 4.57 Å². The van der Waals surface area contributed by atoms with Gasteiger partial charge in [0.05, 0.1) is 0 Å². The second-order valence-electron chi connectivity index (χ2n) is 3.27. The van der Waals surface area contributed by atoms with Crippen LogP contribution in [-0.2, 0) is 6.54 Å². The van der Waals surface area contributed by atoms with Gasteiger partial charge in [-0.25, -0.2) is 9.97 Å². The van der Waals surface area contributed by atoms with Crippen molar-refractivity contribution in [3.05, 3.63) is 24.2 Å². The van der Waals surface area contributed by atoms with E-state index in [1.54, 1.807) is 0 Å². The molecule has 0 saturated carbocycles. The second-order valence-corrected chi connectivity index (χ2v) is 3.27. The summed E-state index contributed by atoms with van der Waals surface area (Å²) in [7, 11) is 0. The molecule has 0 aliphatic rings. The molecule has 90 valence electrons. The molecule has 2 rings (SSSR count). The summed E-state index contributed by atoms with van der Waals surface area (Å²) in [4.78, 5) is 17.9. The molecule has 0 aromatic carbocycles. The number of nitrogens with zero attached hydrogens (tertiary/aromatic N) is 3. The van der Waals surface area contributed by atoms with Gasteiger partial charge in [-0.1, -0.05) is 0 Å². The minimum atomic E-state index is -4.56. The van der Waals surface area contributed by atoms with Crippen LogP contribution >= 0.6 is 0 Å². The van der Waals surface area contributed by atoms with Crippen molar-refractivity contribution in [1.82, 2.24) is 14.5 Å². The maximum absolute atomic E-state index is 12.3. The van der Waals surface area contributed by atoms with Crippen LogP contribution < -0.4 is 24.0 Å². The van der Waals surface area contributed by atoms with Crippen LogP contribution in [0.3, 0.4) is 0 Å². The fourth-order valence-corrected chi connectivity index (χ4v) is 1.44. The fourth-order valence-electron chi connectivity index (χ4n) is 1.44. The Morgan fingerprint density at radius 2 is 2.11 bits per heavy atom. The molecule has 0 bridgehead atoms. The number of alkyl halides is 3. The van der Waals surface area contributed by atoms with Crippen molar-refractivity contribution in [3.8, 4) is 0 Å². The van der Waals surface area contributed by atoms with Crippen molar-refractivity contribution in [3.63, 3.8) is 0 Å². The van der Waals surface area contributed by atoms with Crippen molar-refractivity contribution in [2.75, 3.05) is 0 Å². The topological polar surface area (TPSA) is 70.8 Å². The van der Waals surface area contributed by atoms with Gasteiger partial charge in [0.2, 0.25) is 0 Å². The molecule has 0 fully saturated rings. The zero-order valence-electron chi connectivity index (χ0n) is 9.23. The summed E-state index contributed by atoms with van der Waals surface area (Å²) in [6.45, 7) is -1.47. The Bertz CT molecular complexity index is 582. The molecule has 2 aromatic rings. The summed E-state index contributed by atoms with van der Waals surface area (Å²) in [6, 6.07) is 2.83. The predicted molar refractivity (Wildman–Crippen MR) is 47.9 cm³/mol. The number of hydrogen-bond donors (Lipinski definition) is 0. The van der Waals surface area contributed by atoms with Gasteiger partial charge in [-0.2, -0.15) is 13.2 Å². The van der Waals surface area contributed by atoms with Crippen LogP contribution in [0.2, 0.25) is 0 Å². The number of hydrogen-bond acceptors (Lipinski definition) is 4. The summed E-state index contributed by atoms with van der Waals surface area (Å²) < 4.78 is 37.4. The van der Waals surface area contributed by atoms with E-state index in [0.29, 0.717) is 4.57 Å². The SMILES string of the molecule is O=C([O-])c1nc2cccnc2n1CC(F)(F)F.[Li+]. The van der Waals surface area contributed by atoms with E-state index >= 15 is 0 Å². The van der Waals surface area contributed by atoms with E-state index in [4.69, 9.17) is 0 Å². The quantitative estimate of drug-likeness (QED) is 0.547. The number of carboxylic acid groups (broad SMARTS) is 1. The van der Waals surface area contributed by atoms with E-state index in [2.05, 4.69) is 9.97 Å². The number of rotatable bonds is 2. The molecule has 0 radical (unpaired) electrons. The standard InChI is InChI=1S/C9H6F3N3O2.Li/c10-9(11,12)4-15-6-5(2-1-3-13-6)14-7(15)8(16)17;/h1-3H,4H2,(H,16,17);/q;+1/p-1. The summed E-state index contributed by atoms with van der Waals surface area (Å²) in [5.41, 5.74) is -0.0556. The molecule has 5 nitrogen and oxygen atoms in total. The maximum Gasteiger partial charge on any atom is 1.00 e. The van der Waals surface area contributed by atoms with Crippen LogP contribution in [0.4, 0.5) is 13.2 Å². The van der Waals surface area contributed by atoms with E-state index in [0.717, 1.165) is 0 Å². The smallest absolute Gasteiger partial charge is 0.542 e. The number of aromatic carboxylic acids is 1. The Kier molecular flexibility index (Phi) is 4.04. The second kappa shape index (κ2) is 5.00. The van der Waals surface area contributed by atoms with Crippen molar-refractivity contribution in [2.45, 2.75) is 12.7 Å². The van der Waals surface area contributed by atoms with Gasteiger partial charge in [-0.05, 0) is 12.1 Å².